The second kappa shape index (κ2) is 10.4. The van der Waals surface area contributed by atoms with Crippen LogP contribution in [0.4, 0.5) is 0 Å². The highest BCUT2D eigenvalue weighted by Crippen LogP contribution is 2.46. The van der Waals surface area contributed by atoms with Gasteiger partial charge in [0.25, 0.3) is 11.7 Å². The zero-order chi connectivity index (χ0) is 25.1. The standard InChI is InChI=1S/C26H30N2O7/c1-16-7-8-19(29)18(15-16)23(30)21-22(17-5-4-6-20(33-2)25(17)34-3)28(26(32)24(21)31)10-9-27-11-13-35-14-12-27/h4-8,15,22,29-30H,9-14H2,1-3H3/t22-/m0/s1. The van der Waals surface area contributed by atoms with Gasteiger partial charge in [0.05, 0.1) is 44.6 Å². The highest BCUT2D eigenvalue weighted by molar-refractivity contribution is 6.46. The summed E-state index contributed by atoms with van der Waals surface area (Å²) in [6, 6.07) is 8.98. The maximum Gasteiger partial charge on any atom is 0.295 e. The van der Waals surface area contributed by atoms with Crippen LogP contribution in [0.2, 0.25) is 0 Å². The number of carbonyl (C=O) groups is 2. The summed E-state index contributed by atoms with van der Waals surface area (Å²) in [5.74, 6) is -1.38. The van der Waals surface area contributed by atoms with Crippen LogP contribution in [-0.2, 0) is 14.3 Å². The fraction of sp³-hybridized carbons (Fsp3) is 0.385. The number of para-hydroxylation sites is 1. The van der Waals surface area contributed by atoms with E-state index in [0.29, 0.717) is 36.8 Å². The summed E-state index contributed by atoms with van der Waals surface area (Å²) in [6.45, 7) is 5.28. The lowest BCUT2D eigenvalue weighted by atomic mass is 9.93. The number of aliphatic hydroxyl groups excluding tert-OH is 1. The van der Waals surface area contributed by atoms with Crippen LogP contribution in [0.1, 0.15) is 22.7 Å². The van der Waals surface area contributed by atoms with Crippen LogP contribution in [0.25, 0.3) is 5.76 Å². The van der Waals surface area contributed by atoms with Crippen LogP contribution in [0, 0.1) is 6.92 Å². The van der Waals surface area contributed by atoms with E-state index in [1.807, 2.05) is 0 Å². The molecule has 0 unspecified atom stereocenters. The number of aliphatic hydroxyl groups is 1. The van der Waals surface area contributed by atoms with Gasteiger partial charge >= 0.3 is 0 Å². The van der Waals surface area contributed by atoms with Gasteiger partial charge in [-0.15, -0.1) is 0 Å². The first-order valence-electron chi connectivity index (χ1n) is 11.5. The van der Waals surface area contributed by atoms with Crippen molar-refractivity contribution in [2.24, 2.45) is 0 Å². The van der Waals surface area contributed by atoms with Crippen molar-refractivity contribution in [1.82, 2.24) is 9.80 Å². The SMILES string of the molecule is COc1cccc([C@H]2C(=C(O)c3cc(C)ccc3O)C(=O)C(=O)N2CCN2CCOCC2)c1OC. The molecule has 2 aromatic carbocycles. The number of ketones is 1. The third-order valence-electron chi connectivity index (χ3n) is 6.44. The Labute approximate surface area is 204 Å². The Morgan fingerprint density at radius 1 is 1.09 bits per heavy atom. The Balaban J connectivity index is 1.85. The van der Waals surface area contributed by atoms with E-state index in [1.54, 1.807) is 37.3 Å². The van der Waals surface area contributed by atoms with E-state index >= 15 is 0 Å². The minimum absolute atomic E-state index is 0.0862. The van der Waals surface area contributed by atoms with Crippen molar-refractivity contribution >= 4 is 17.4 Å². The van der Waals surface area contributed by atoms with Crippen molar-refractivity contribution in [3.05, 3.63) is 58.7 Å². The molecule has 9 heteroatoms. The summed E-state index contributed by atoms with van der Waals surface area (Å²) in [4.78, 5) is 30.2. The average molecular weight is 483 g/mol. The average Bonchev–Trinajstić information content (AvgIpc) is 3.13. The van der Waals surface area contributed by atoms with E-state index in [0.717, 1.165) is 18.7 Å². The van der Waals surface area contributed by atoms with Gasteiger partial charge in [-0.2, -0.15) is 0 Å². The van der Waals surface area contributed by atoms with E-state index in [9.17, 15) is 19.8 Å². The Hall–Kier alpha value is -3.56. The normalized spacial score (nSPS) is 20.3. The first-order valence-corrected chi connectivity index (χ1v) is 11.5. The number of Topliss-reactive ketones (excluding diaryl/α,β-unsaturated/α-hetero) is 1. The summed E-state index contributed by atoms with van der Waals surface area (Å²) in [6.07, 6.45) is 0. The predicted octanol–water partition coefficient (Wildman–Crippen LogP) is 2.47. The molecule has 2 aliphatic rings. The van der Waals surface area contributed by atoms with Crippen molar-refractivity contribution in [3.8, 4) is 17.2 Å². The smallest absolute Gasteiger partial charge is 0.295 e. The lowest BCUT2D eigenvalue weighted by Gasteiger charge is -2.31. The van der Waals surface area contributed by atoms with E-state index < -0.39 is 23.5 Å². The minimum atomic E-state index is -0.930. The number of aryl methyl sites for hydroxylation is 1. The van der Waals surface area contributed by atoms with Gasteiger partial charge in [-0.05, 0) is 25.1 Å². The van der Waals surface area contributed by atoms with Gasteiger partial charge in [-0.3, -0.25) is 14.5 Å². The number of amides is 1. The number of methoxy groups -OCH3 is 2. The predicted molar refractivity (Wildman–Crippen MR) is 129 cm³/mol. The third kappa shape index (κ3) is 4.69. The number of carbonyl (C=O) groups excluding carboxylic acids is 2. The maximum atomic E-state index is 13.3. The van der Waals surface area contributed by atoms with Crippen LogP contribution in [0.5, 0.6) is 17.2 Å². The van der Waals surface area contributed by atoms with Crippen LogP contribution >= 0.6 is 0 Å². The Bertz CT molecular complexity index is 1150. The van der Waals surface area contributed by atoms with Crippen LogP contribution < -0.4 is 9.47 Å². The van der Waals surface area contributed by atoms with Crippen LogP contribution in [0.15, 0.2) is 42.0 Å². The molecule has 0 spiro atoms. The fourth-order valence-electron chi connectivity index (χ4n) is 4.62. The molecule has 0 radical (unpaired) electrons. The Kier molecular flexibility index (Phi) is 7.28. The molecule has 2 aromatic rings. The topological polar surface area (TPSA) is 109 Å². The molecule has 186 valence electrons. The van der Waals surface area contributed by atoms with Crippen molar-refractivity contribution < 1.29 is 34.0 Å². The number of hydrogen-bond acceptors (Lipinski definition) is 8. The maximum absolute atomic E-state index is 13.3. The number of rotatable bonds is 7. The molecule has 9 nitrogen and oxygen atoms in total. The molecule has 2 saturated heterocycles. The number of ether oxygens (including phenoxy) is 3. The number of hydrogen-bond donors (Lipinski definition) is 2. The molecule has 4 rings (SSSR count). The van der Waals surface area contributed by atoms with Crippen LogP contribution in [0.3, 0.4) is 0 Å². The molecule has 0 aromatic heterocycles. The summed E-state index contributed by atoms with van der Waals surface area (Å²) in [5.41, 5.74) is 1.26. The second-order valence-corrected chi connectivity index (χ2v) is 8.55. The van der Waals surface area contributed by atoms with E-state index in [4.69, 9.17) is 14.2 Å². The minimum Gasteiger partial charge on any atom is -0.507 e. The number of benzene rings is 2. The van der Waals surface area contributed by atoms with Crippen molar-refractivity contribution in [3.63, 3.8) is 0 Å². The number of likely N-dealkylation sites (tertiary alicyclic amines) is 1. The van der Waals surface area contributed by atoms with Crippen LogP contribution in [-0.4, -0.2) is 85.3 Å². The first-order chi connectivity index (χ1) is 16.9. The van der Waals surface area contributed by atoms with Crippen molar-refractivity contribution in [2.45, 2.75) is 13.0 Å². The number of phenols is 1. The molecule has 2 aliphatic heterocycles. The Morgan fingerprint density at radius 2 is 1.83 bits per heavy atom. The second-order valence-electron chi connectivity index (χ2n) is 8.55. The van der Waals surface area contributed by atoms with Gasteiger partial charge in [0.2, 0.25) is 0 Å². The molecular weight excluding hydrogens is 452 g/mol. The molecular formula is C26H30N2O7. The third-order valence-corrected chi connectivity index (χ3v) is 6.44. The van der Waals surface area contributed by atoms with E-state index in [-0.39, 0.29) is 23.4 Å². The van der Waals surface area contributed by atoms with Crippen molar-refractivity contribution in [1.29, 1.82) is 0 Å². The van der Waals surface area contributed by atoms with Gasteiger partial charge in [0.1, 0.15) is 11.5 Å². The molecule has 0 saturated carbocycles. The monoisotopic (exact) mass is 482 g/mol. The van der Waals surface area contributed by atoms with Gasteiger partial charge in [0, 0.05) is 31.7 Å². The quantitative estimate of drug-likeness (QED) is 0.352. The number of morpholine rings is 1. The lowest BCUT2D eigenvalue weighted by Crippen LogP contribution is -2.42. The molecule has 2 N–H and O–H groups in total. The van der Waals surface area contributed by atoms with Crippen molar-refractivity contribution in [2.75, 3.05) is 53.6 Å². The zero-order valence-electron chi connectivity index (χ0n) is 20.1. The lowest BCUT2D eigenvalue weighted by molar-refractivity contribution is -0.140. The molecule has 1 atom stereocenters. The van der Waals surface area contributed by atoms with Gasteiger partial charge in [-0.25, -0.2) is 0 Å². The number of phenolic OH excluding ortho intramolecular Hbond substituents is 1. The van der Waals surface area contributed by atoms with Gasteiger partial charge in [0.15, 0.2) is 11.5 Å². The molecule has 1 amide bonds. The first kappa shape index (κ1) is 24.6. The largest absolute Gasteiger partial charge is 0.507 e. The fourth-order valence-corrected chi connectivity index (χ4v) is 4.62. The highest BCUT2D eigenvalue weighted by Gasteiger charge is 2.47. The number of nitrogens with zero attached hydrogens (tertiary/aromatic N) is 2. The molecule has 2 fully saturated rings. The summed E-state index contributed by atoms with van der Waals surface area (Å²) < 4.78 is 16.5. The molecule has 0 bridgehead atoms. The molecule has 2 heterocycles. The summed E-state index contributed by atoms with van der Waals surface area (Å²) in [5, 5.41) is 21.7. The molecule has 35 heavy (non-hydrogen) atoms. The van der Waals surface area contributed by atoms with Gasteiger partial charge in [-0.1, -0.05) is 23.8 Å². The van der Waals surface area contributed by atoms with E-state index in [1.165, 1.54) is 25.2 Å². The Morgan fingerprint density at radius 3 is 2.51 bits per heavy atom. The van der Waals surface area contributed by atoms with E-state index in [2.05, 4.69) is 4.90 Å². The summed E-state index contributed by atoms with van der Waals surface area (Å²) >= 11 is 0. The highest BCUT2D eigenvalue weighted by atomic mass is 16.5. The molecule has 0 aliphatic carbocycles. The van der Waals surface area contributed by atoms with Gasteiger partial charge < -0.3 is 29.3 Å². The number of aromatic hydroxyl groups is 1. The zero-order valence-corrected chi connectivity index (χ0v) is 20.1. The summed E-state index contributed by atoms with van der Waals surface area (Å²) in [7, 11) is 2.98.